The van der Waals surface area contributed by atoms with Gasteiger partial charge in [0.2, 0.25) is 10.0 Å². The molecule has 2 aliphatic rings. The van der Waals surface area contributed by atoms with Crippen LogP contribution in [0.3, 0.4) is 0 Å². The summed E-state index contributed by atoms with van der Waals surface area (Å²) in [6.45, 7) is 3.62. The van der Waals surface area contributed by atoms with E-state index in [0.717, 1.165) is 25.7 Å². The highest BCUT2D eigenvalue weighted by Gasteiger charge is 2.39. The van der Waals surface area contributed by atoms with Crippen LogP contribution in [0.4, 0.5) is 0 Å². The number of hydrogen-bond acceptors (Lipinski definition) is 3. The molecule has 0 aromatic heterocycles. The van der Waals surface area contributed by atoms with Crippen LogP contribution in [0.15, 0.2) is 0 Å². The lowest BCUT2D eigenvalue weighted by atomic mass is 9.73. The molecule has 2 unspecified atom stereocenters. The molecule has 1 aliphatic carbocycles. The zero-order valence-corrected chi connectivity index (χ0v) is 13.8. The van der Waals surface area contributed by atoms with Gasteiger partial charge in [0, 0.05) is 19.1 Å². The molecule has 4 nitrogen and oxygen atoms in total. The Kier molecular flexibility index (Phi) is 5.14. The predicted molar refractivity (Wildman–Crippen MR) is 82.9 cm³/mol. The van der Waals surface area contributed by atoms with E-state index in [4.69, 9.17) is 5.73 Å². The van der Waals surface area contributed by atoms with E-state index in [-0.39, 0.29) is 6.04 Å². The molecule has 5 heteroatoms. The van der Waals surface area contributed by atoms with Crippen molar-refractivity contribution in [1.29, 1.82) is 0 Å². The first-order valence-electron chi connectivity index (χ1n) is 8.08. The first kappa shape index (κ1) is 16.2. The molecule has 118 valence electrons. The lowest BCUT2D eigenvalue weighted by Gasteiger charge is -2.39. The SMILES string of the molecule is CCC1(C(N)CC2CCCN(S(C)(=O)=O)C2)CCCC1. The second-order valence-corrected chi connectivity index (χ2v) is 8.88. The average molecular weight is 302 g/mol. The van der Waals surface area contributed by atoms with Crippen LogP contribution < -0.4 is 5.73 Å². The van der Waals surface area contributed by atoms with Crippen LogP contribution in [0.5, 0.6) is 0 Å². The van der Waals surface area contributed by atoms with E-state index in [1.165, 1.54) is 31.9 Å². The summed E-state index contributed by atoms with van der Waals surface area (Å²) < 4.78 is 25.0. The van der Waals surface area contributed by atoms with Gasteiger partial charge in [-0.15, -0.1) is 0 Å². The van der Waals surface area contributed by atoms with Crippen LogP contribution in [-0.4, -0.2) is 38.1 Å². The van der Waals surface area contributed by atoms with Gasteiger partial charge >= 0.3 is 0 Å². The van der Waals surface area contributed by atoms with Gasteiger partial charge < -0.3 is 5.73 Å². The number of sulfonamides is 1. The molecule has 0 bridgehead atoms. The van der Waals surface area contributed by atoms with Gasteiger partial charge in [-0.2, -0.15) is 0 Å². The van der Waals surface area contributed by atoms with Crippen LogP contribution in [0, 0.1) is 11.3 Å². The average Bonchev–Trinajstić information content (AvgIpc) is 2.88. The van der Waals surface area contributed by atoms with Gasteiger partial charge in [-0.25, -0.2) is 12.7 Å². The summed E-state index contributed by atoms with van der Waals surface area (Å²) >= 11 is 0. The number of rotatable bonds is 5. The van der Waals surface area contributed by atoms with Gasteiger partial charge in [0.15, 0.2) is 0 Å². The topological polar surface area (TPSA) is 63.4 Å². The van der Waals surface area contributed by atoms with Crippen molar-refractivity contribution in [2.45, 2.75) is 64.3 Å². The molecule has 0 aromatic carbocycles. The molecule has 1 heterocycles. The van der Waals surface area contributed by atoms with Gasteiger partial charge in [0.05, 0.1) is 6.26 Å². The summed E-state index contributed by atoms with van der Waals surface area (Å²) in [7, 11) is -3.04. The molecule has 0 spiro atoms. The van der Waals surface area contributed by atoms with E-state index in [2.05, 4.69) is 6.92 Å². The largest absolute Gasteiger partial charge is 0.327 e. The smallest absolute Gasteiger partial charge is 0.211 e. The quantitative estimate of drug-likeness (QED) is 0.848. The normalized spacial score (nSPS) is 29.4. The molecule has 1 saturated carbocycles. The van der Waals surface area contributed by atoms with Crippen LogP contribution in [0.25, 0.3) is 0 Å². The highest BCUT2D eigenvalue weighted by molar-refractivity contribution is 7.88. The van der Waals surface area contributed by atoms with Crippen LogP contribution in [-0.2, 0) is 10.0 Å². The van der Waals surface area contributed by atoms with E-state index >= 15 is 0 Å². The van der Waals surface area contributed by atoms with E-state index in [9.17, 15) is 8.42 Å². The Morgan fingerprint density at radius 2 is 1.95 bits per heavy atom. The van der Waals surface area contributed by atoms with Crippen molar-refractivity contribution < 1.29 is 8.42 Å². The van der Waals surface area contributed by atoms with Crippen molar-refractivity contribution in [3.8, 4) is 0 Å². The number of hydrogen-bond donors (Lipinski definition) is 1. The van der Waals surface area contributed by atoms with Crippen molar-refractivity contribution in [1.82, 2.24) is 4.31 Å². The van der Waals surface area contributed by atoms with E-state index in [0.29, 0.717) is 24.4 Å². The fourth-order valence-corrected chi connectivity index (χ4v) is 5.14. The van der Waals surface area contributed by atoms with Crippen molar-refractivity contribution in [3.05, 3.63) is 0 Å². The second kappa shape index (κ2) is 6.32. The summed E-state index contributed by atoms with van der Waals surface area (Å²) in [5, 5.41) is 0. The Morgan fingerprint density at radius 1 is 1.30 bits per heavy atom. The molecule has 0 aromatic rings. The molecule has 2 fully saturated rings. The van der Waals surface area contributed by atoms with Gasteiger partial charge in [0.25, 0.3) is 0 Å². The fraction of sp³-hybridized carbons (Fsp3) is 1.00. The second-order valence-electron chi connectivity index (χ2n) is 6.89. The van der Waals surface area contributed by atoms with Crippen molar-refractivity contribution in [2.24, 2.45) is 17.1 Å². The zero-order valence-electron chi connectivity index (χ0n) is 13.0. The maximum Gasteiger partial charge on any atom is 0.211 e. The van der Waals surface area contributed by atoms with E-state index in [1.807, 2.05) is 0 Å². The molecular weight excluding hydrogens is 272 g/mol. The Hall–Kier alpha value is -0.130. The monoisotopic (exact) mass is 302 g/mol. The number of nitrogens with two attached hydrogens (primary N) is 1. The van der Waals surface area contributed by atoms with Crippen molar-refractivity contribution in [3.63, 3.8) is 0 Å². The summed E-state index contributed by atoms with van der Waals surface area (Å²) in [6.07, 6.45) is 10.7. The molecular formula is C15H30N2O2S. The van der Waals surface area contributed by atoms with Crippen molar-refractivity contribution >= 4 is 10.0 Å². The van der Waals surface area contributed by atoms with Gasteiger partial charge in [-0.1, -0.05) is 19.8 Å². The molecule has 2 atom stereocenters. The van der Waals surface area contributed by atoms with E-state index in [1.54, 1.807) is 4.31 Å². The Labute approximate surface area is 124 Å². The minimum atomic E-state index is -3.04. The van der Waals surface area contributed by atoms with Crippen molar-refractivity contribution in [2.75, 3.05) is 19.3 Å². The van der Waals surface area contributed by atoms with Crippen LogP contribution >= 0.6 is 0 Å². The standard InChI is InChI=1S/C15H30N2O2S/c1-3-15(8-4-5-9-15)14(16)11-13-7-6-10-17(12-13)20(2,18)19/h13-14H,3-12,16H2,1-2H3. The number of nitrogens with zero attached hydrogens (tertiary/aromatic N) is 1. The van der Waals surface area contributed by atoms with E-state index < -0.39 is 10.0 Å². The third-order valence-electron chi connectivity index (χ3n) is 5.63. The van der Waals surface area contributed by atoms with Gasteiger partial charge in [-0.3, -0.25) is 0 Å². The summed E-state index contributed by atoms with van der Waals surface area (Å²) in [4.78, 5) is 0. The highest BCUT2D eigenvalue weighted by Crippen LogP contribution is 2.45. The first-order chi connectivity index (χ1) is 9.37. The maximum atomic E-state index is 11.7. The predicted octanol–water partition coefficient (Wildman–Crippen LogP) is 2.35. The Bertz CT molecular complexity index is 416. The third-order valence-corrected chi connectivity index (χ3v) is 6.90. The summed E-state index contributed by atoms with van der Waals surface area (Å²) in [5.74, 6) is 0.442. The molecule has 1 saturated heterocycles. The maximum absolute atomic E-state index is 11.7. The minimum absolute atomic E-state index is 0.236. The summed E-state index contributed by atoms with van der Waals surface area (Å²) in [5.41, 5.74) is 6.87. The third kappa shape index (κ3) is 3.55. The highest BCUT2D eigenvalue weighted by atomic mass is 32.2. The minimum Gasteiger partial charge on any atom is -0.327 e. The summed E-state index contributed by atoms with van der Waals surface area (Å²) in [6, 6.07) is 0.236. The fourth-order valence-electron chi connectivity index (χ4n) is 4.20. The lowest BCUT2D eigenvalue weighted by Crippen LogP contribution is -2.45. The van der Waals surface area contributed by atoms with Gasteiger partial charge in [0.1, 0.15) is 0 Å². The molecule has 0 amide bonds. The molecule has 0 radical (unpaired) electrons. The Morgan fingerprint density at radius 3 is 2.50 bits per heavy atom. The molecule has 2 rings (SSSR count). The van der Waals surface area contributed by atoms with Crippen LogP contribution in [0.2, 0.25) is 0 Å². The zero-order chi connectivity index (χ0) is 14.8. The van der Waals surface area contributed by atoms with Gasteiger partial charge in [-0.05, 0) is 49.9 Å². The number of piperidine rings is 1. The molecule has 2 N–H and O–H groups in total. The Balaban J connectivity index is 1.95. The first-order valence-corrected chi connectivity index (χ1v) is 9.93. The molecule has 1 aliphatic heterocycles. The van der Waals surface area contributed by atoms with Crippen LogP contribution in [0.1, 0.15) is 58.3 Å². The molecule has 20 heavy (non-hydrogen) atoms. The lowest BCUT2D eigenvalue weighted by molar-refractivity contribution is 0.165.